The molecule has 1 aromatic heterocycles. The molecule has 2 atom stereocenters. The van der Waals surface area contributed by atoms with Crippen molar-refractivity contribution in [2.75, 3.05) is 18.5 Å². The van der Waals surface area contributed by atoms with E-state index < -0.39 is 18.1 Å². The first-order chi connectivity index (χ1) is 15.4. The minimum Gasteiger partial charge on any atom is -0.394 e. The third-order valence-electron chi connectivity index (χ3n) is 5.27. The van der Waals surface area contributed by atoms with Crippen LogP contribution in [0.25, 0.3) is 0 Å². The third-order valence-corrected chi connectivity index (χ3v) is 5.27. The highest BCUT2D eigenvalue weighted by Gasteiger charge is 2.37. The number of aryl methyl sites for hydroxylation is 1. The lowest BCUT2D eigenvalue weighted by Crippen LogP contribution is -2.52. The molecule has 4 rings (SSSR count). The maximum atomic E-state index is 13.2. The smallest absolute Gasteiger partial charge is 0.277 e. The molecule has 1 fully saturated rings. The Morgan fingerprint density at radius 1 is 1.22 bits per heavy atom. The molecular formula is C23H22FN3O5. The second-order valence-electron chi connectivity index (χ2n) is 7.53. The first-order valence-corrected chi connectivity index (χ1v) is 10.1. The van der Waals surface area contributed by atoms with Gasteiger partial charge in [0, 0.05) is 18.3 Å². The van der Waals surface area contributed by atoms with Crippen LogP contribution >= 0.6 is 0 Å². The first-order valence-electron chi connectivity index (χ1n) is 10.1. The molecular weight excluding hydrogens is 417 g/mol. The topological polar surface area (TPSA) is 105 Å². The Bertz CT molecular complexity index is 1100. The monoisotopic (exact) mass is 439 g/mol. The Morgan fingerprint density at radius 3 is 2.56 bits per heavy atom. The van der Waals surface area contributed by atoms with Crippen LogP contribution in [-0.2, 0) is 16.1 Å². The summed E-state index contributed by atoms with van der Waals surface area (Å²) in [6.07, 6.45) is -0.555. The van der Waals surface area contributed by atoms with Crippen LogP contribution in [0.4, 0.5) is 10.1 Å². The predicted molar refractivity (Wildman–Crippen MR) is 112 cm³/mol. The number of hydrogen-bond donors (Lipinski definition) is 2. The lowest BCUT2D eigenvalue weighted by Gasteiger charge is -2.40. The van der Waals surface area contributed by atoms with Gasteiger partial charge in [-0.15, -0.1) is 0 Å². The van der Waals surface area contributed by atoms with Crippen LogP contribution in [0.15, 0.2) is 59.1 Å². The maximum Gasteiger partial charge on any atom is 0.277 e. The number of aliphatic hydroxyl groups is 1. The number of amides is 2. The van der Waals surface area contributed by atoms with Gasteiger partial charge in [0.15, 0.2) is 5.69 Å². The summed E-state index contributed by atoms with van der Waals surface area (Å²) in [5.41, 5.74) is 2.23. The number of aliphatic hydroxyl groups excluding tert-OH is 1. The van der Waals surface area contributed by atoms with Gasteiger partial charge >= 0.3 is 0 Å². The molecule has 2 aromatic carbocycles. The number of nitrogens with zero attached hydrogens (tertiary/aromatic N) is 2. The molecule has 1 aliphatic rings. The zero-order valence-corrected chi connectivity index (χ0v) is 17.3. The number of rotatable bonds is 6. The Labute approximate surface area is 183 Å². The summed E-state index contributed by atoms with van der Waals surface area (Å²) in [4.78, 5) is 26.3. The number of hydrogen-bond acceptors (Lipinski definition) is 6. The second-order valence-corrected chi connectivity index (χ2v) is 7.53. The van der Waals surface area contributed by atoms with Gasteiger partial charge in [-0.1, -0.05) is 29.4 Å². The summed E-state index contributed by atoms with van der Waals surface area (Å²) in [6, 6.07) is 13.8. The molecule has 0 saturated carbocycles. The van der Waals surface area contributed by atoms with Gasteiger partial charge < -0.3 is 24.6 Å². The van der Waals surface area contributed by atoms with Gasteiger partial charge in [0.25, 0.3) is 5.91 Å². The molecule has 166 valence electrons. The van der Waals surface area contributed by atoms with Crippen molar-refractivity contribution in [2.24, 2.45) is 0 Å². The van der Waals surface area contributed by atoms with E-state index in [0.29, 0.717) is 11.4 Å². The molecule has 8 nitrogen and oxygen atoms in total. The van der Waals surface area contributed by atoms with E-state index in [2.05, 4.69) is 10.5 Å². The van der Waals surface area contributed by atoms with Gasteiger partial charge in [0.1, 0.15) is 24.3 Å². The van der Waals surface area contributed by atoms with Crippen molar-refractivity contribution in [2.45, 2.75) is 25.6 Å². The molecule has 9 heteroatoms. The molecule has 2 N–H and O–H groups in total. The number of benzene rings is 2. The number of nitrogens with one attached hydrogen (secondary N) is 1. The lowest BCUT2D eigenvalue weighted by atomic mass is 9.98. The highest BCUT2D eigenvalue weighted by atomic mass is 19.1. The van der Waals surface area contributed by atoms with Gasteiger partial charge in [0.05, 0.1) is 12.6 Å². The summed E-state index contributed by atoms with van der Waals surface area (Å²) in [6.45, 7) is 1.49. The summed E-state index contributed by atoms with van der Waals surface area (Å²) in [7, 11) is 0. The third kappa shape index (κ3) is 4.68. The molecule has 1 saturated heterocycles. The van der Waals surface area contributed by atoms with Crippen molar-refractivity contribution in [3.05, 3.63) is 83.0 Å². The molecule has 0 bridgehead atoms. The summed E-state index contributed by atoms with van der Waals surface area (Å²) < 4.78 is 23.9. The van der Waals surface area contributed by atoms with Gasteiger partial charge in [-0.25, -0.2) is 4.39 Å². The second kappa shape index (κ2) is 9.29. The van der Waals surface area contributed by atoms with E-state index in [4.69, 9.17) is 9.26 Å². The van der Waals surface area contributed by atoms with Gasteiger partial charge in [0.2, 0.25) is 5.91 Å². The number of morpholine rings is 1. The molecule has 1 aliphatic heterocycles. The van der Waals surface area contributed by atoms with Crippen LogP contribution in [-0.4, -0.2) is 46.2 Å². The summed E-state index contributed by atoms with van der Waals surface area (Å²) >= 11 is 0. The van der Waals surface area contributed by atoms with E-state index in [1.807, 2.05) is 0 Å². The highest BCUT2D eigenvalue weighted by molar-refractivity contribution is 6.02. The average molecular weight is 439 g/mol. The van der Waals surface area contributed by atoms with Gasteiger partial charge in [-0.3, -0.25) is 9.59 Å². The Morgan fingerprint density at radius 2 is 1.94 bits per heavy atom. The highest BCUT2D eigenvalue weighted by Crippen LogP contribution is 2.31. The van der Waals surface area contributed by atoms with Gasteiger partial charge in [-0.2, -0.15) is 0 Å². The number of halogens is 1. The maximum absolute atomic E-state index is 13.2. The Hall–Kier alpha value is -3.56. The fourth-order valence-corrected chi connectivity index (χ4v) is 3.63. The van der Waals surface area contributed by atoms with E-state index in [1.54, 1.807) is 48.2 Å². The lowest BCUT2D eigenvalue weighted by molar-refractivity contribution is -0.162. The minimum absolute atomic E-state index is 0.133. The number of anilines is 1. The number of ether oxygens (including phenoxy) is 1. The predicted octanol–water partition coefficient (Wildman–Crippen LogP) is 2.84. The standard InChI is InChI=1S/C23H22FN3O5/c1-14-10-19(26-32-14)23(30)25-18-8-4-16(5-9-18)22-20(12-28)27(21(29)13-31-22)11-15-2-6-17(24)7-3-15/h2-10,20,22,28H,11-13H2,1H3,(H,25,30)/t20-,22-/m1/s1. The molecule has 0 unspecified atom stereocenters. The number of carbonyl (C=O) groups is 2. The normalized spacial score (nSPS) is 18.6. The van der Waals surface area contributed by atoms with Crippen LogP contribution in [0.5, 0.6) is 0 Å². The zero-order chi connectivity index (χ0) is 22.7. The Kier molecular flexibility index (Phi) is 6.29. The molecule has 32 heavy (non-hydrogen) atoms. The molecule has 0 radical (unpaired) electrons. The van der Waals surface area contributed by atoms with Crippen LogP contribution in [0.2, 0.25) is 0 Å². The minimum atomic E-state index is -0.611. The van der Waals surface area contributed by atoms with E-state index in [-0.39, 0.29) is 37.2 Å². The molecule has 0 aliphatic carbocycles. The largest absolute Gasteiger partial charge is 0.394 e. The van der Waals surface area contributed by atoms with Crippen molar-refractivity contribution in [1.82, 2.24) is 10.1 Å². The van der Waals surface area contributed by atoms with E-state index in [1.165, 1.54) is 18.2 Å². The van der Waals surface area contributed by atoms with Crippen molar-refractivity contribution in [1.29, 1.82) is 0 Å². The Balaban J connectivity index is 1.48. The summed E-state index contributed by atoms with van der Waals surface area (Å²) in [5, 5.41) is 16.4. The van der Waals surface area contributed by atoms with Crippen molar-refractivity contribution >= 4 is 17.5 Å². The van der Waals surface area contributed by atoms with E-state index in [0.717, 1.165) is 11.1 Å². The fraction of sp³-hybridized carbons (Fsp3) is 0.261. The molecule has 0 spiro atoms. The number of aromatic nitrogens is 1. The van der Waals surface area contributed by atoms with E-state index in [9.17, 15) is 19.1 Å². The summed E-state index contributed by atoms with van der Waals surface area (Å²) in [5.74, 6) is -0.469. The first kappa shape index (κ1) is 21.7. The quantitative estimate of drug-likeness (QED) is 0.612. The molecule has 2 heterocycles. The van der Waals surface area contributed by atoms with Crippen LogP contribution in [0, 0.1) is 12.7 Å². The van der Waals surface area contributed by atoms with Crippen molar-refractivity contribution in [3.8, 4) is 0 Å². The average Bonchev–Trinajstić information content (AvgIpc) is 3.23. The van der Waals surface area contributed by atoms with Crippen LogP contribution < -0.4 is 5.32 Å². The molecule has 3 aromatic rings. The number of carbonyl (C=O) groups excluding carboxylic acids is 2. The van der Waals surface area contributed by atoms with Crippen molar-refractivity contribution in [3.63, 3.8) is 0 Å². The van der Waals surface area contributed by atoms with E-state index >= 15 is 0 Å². The molecule has 2 amide bonds. The van der Waals surface area contributed by atoms with Crippen LogP contribution in [0.1, 0.15) is 33.5 Å². The fourth-order valence-electron chi connectivity index (χ4n) is 3.63. The SMILES string of the molecule is Cc1cc(C(=O)Nc2ccc([C@H]3OCC(=O)N(Cc4ccc(F)cc4)[C@@H]3CO)cc2)no1. The van der Waals surface area contributed by atoms with Crippen molar-refractivity contribution < 1.29 is 28.3 Å². The zero-order valence-electron chi connectivity index (χ0n) is 17.3. The van der Waals surface area contributed by atoms with Gasteiger partial charge in [-0.05, 0) is 42.3 Å². The van der Waals surface area contributed by atoms with Crippen LogP contribution in [0.3, 0.4) is 0 Å².